The Morgan fingerprint density at radius 1 is 1.07 bits per heavy atom. The first kappa shape index (κ1) is 19.4. The van der Waals surface area contributed by atoms with Crippen molar-refractivity contribution >= 4 is 28.3 Å². The highest BCUT2D eigenvalue weighted by molar-refractivity contribution is 7.18. The van der Waals surface area contributed by atoms with Gasteiger partial charge in [-0.2, -0.15) is 0 Å². The molecule has 3 rings (SSSR count). The van der Waals surface area contributed by atoms with Crippen LogP contribution in [0.5, 0.6) is 5.75 Å². The van der Waals surface area contributed by atoms with Gasteiger partial charge in [0.15, 0.2) is 0 Å². The maximum atomic E-state index is 12.9. The third-order valence-corrected chi connectivity index (χ3v) is 4.73. The van der Waals surface area contributed by atoms with Gasteiger partial charge in [-0.1, -0.05) is 11.3 Å². The van der Waals surface area contributed by atoms with Gasteiger partial charge < -0.3 is 10.1 Å². The number of hydrogen-bond acceptors (Lipinski definition) is 6. The van der Waals surface area contributed by atoms with E-state index < -0.39 is 23.7 Å². The molecule has 0 bridgehead atoms. The van der Waals surface area contributed by atoms with Crippen LogP contribution in [0.2, 0.25) is 0 Å². The van der Waals surface area contributed by atoms with Crippen molar-refractivity contribution in [3.05, 3.63) is 59.9 Å². The molecule has 3 aromatic rings. The lowest BCUT2D eigenvalue weighted by molar-refractivity contribution is -0.117. The molecule has 7 nitrogen and oxygen atoms in total. The van der Waals surface area contributed by atoms with Gasteiger partial charge in [0.05, 0.1) is 7.11 Å². The van der Waals surface area contributed by atoms with Gasteiger partial charge in [-0.05, 0) is 55.5 Å². The van der Waals surface area contributed by atoms with Gasteiger partial charge in [-0.15, -0.1) is 10.2 Å². The first-order valence-corrected chi connectivity index (χ1v) is 9.13. The van der Waals surface area contributed by atoms with Crippen molar-refractivity contribution in [2.75, 3.05) is 12.4 Å². The van der Waals surface area contributed by atoms with E-state index in [1.807, 2.05) is 24.3 Å². The van der Waals surface area contributed by atoms with E-state index in [1.54, 1.807) is 14.0 Å². The van der Waals surface area contributed by atoms with Crippen molar-refractivity contribution in [3.63, 3.8) is 0 Å². The summed E-state index contributed by atoms with van der Waals surface area (Å²) in [6, 6.07) is 11.5. The van der Waals surface area contributed by atoms with Crippen molar-refractivity contribution in [3.8, 4) is 16.3 Å². The van der Waals surface area contributed by atoms with Crippen molar-refractivity contribution in [2.24, 2.45) is 0 Å². The van der Waals surface area contributed by atoms with Crippen molar-refractivity contribution in [1.82, 2.24) is 15.5 Å². The van der Waals surface area contributed by atoms with Gasteiger partial charge in [-0.25, -0.2) is 4.39 Å². The fraction of sp³-hybridized carbons (Fsp3) is 0.158. The summed E-state index contributed by atoms with van der Waals surface area (Å²) in [5.41, 5.74) is 1.11. The van der Waals surface area contributed by atoms with Crippen LogP contribution in [-0.2, 0) is 4.79 Å². The normalized spacial score (nSPS) is 11.5. The quantitative estimate of drug-likeness (QED) is 0.663. The molecule has 0 aliphatic carbocycles. The van der Waals surface area contributed by atoms with Crippen LogP contribution in [0.25, 0.3) is 10.6 Å². The van der Waals surface area contributed by atoms with Gasteiger partial charge in [0.2, 0.25) is 11.0 Å². The number of rotatable bonds is 6. The molecule has 1 unspecified atom stereocenters. The van der Waals surface area contributed by atoms with Crippen LogP contribution in [0.1, 0.15) is 17.3 Å². The maximum Gasteiger partial charge on any atom is 0.251 e. The lowest BCUT2D eigenvalue weighted by Crippen LogP contribution is -2.41. The number of hydrogen-bond donors (Lipinski definition) is 2. The topological polar surface area (TPSA) is 93.2 Å². The number of carbonyl (C=O) groups is 2. The Bertz CT molecular complexity index is 974. The van der Waals surface area contributed by atoms with Crippen molar-refractivity contribution in [2.45, 2.75) is 13.0 Å². The zero-order chi connectivity index (χ0) is 20.1. The fourth-order valence-corrected chi connectivity index (χ4v) is 3.04. The monoisotopic (exact) mass is 400 g/mol. The molecule has 0 aliphatic heterocycles. The molecule has 0 saturated heterocycles. The van der Waals surface area contributed by atoms with Crippen LogP contribution >= 0.6 is 11.3 Å². The van der Waals surface area contributed by atoms with E-state index in [1.165, 1.54) is 35.6 Å². The van der Waals surface area contributed by atoms with Gasteiger partial charge >= 0.3 is 0 Å². The average molecular weight is 400 g/mol. The Hall–Kier alpha value is -3.33. The molecule has 2 amide bonds. The SMILES string of the molecule is COc1ccc(-c2nnc(NC(=O)C(C)NC(=O)c3ccc(F)cc3)s2)cc1. The second kappa shape index (κ2) is 8.57. The third-order valence-electron chi connectivity index (χ3n) is 3.84. The van der Waals surface area contributed by atoms with Crippen molar-refractivity contribution in [1.29, 1.82) is 0 Å². The van der Waals surface area contributed by atoms with Gasteiger partial charge in [0.25, 0.3) is 5.91 Å². The molecular formula is C19H17FN4O3S. The molecule has 2 aromatic carbocycles. The van der Waals surface area contributed by atoms with E-state index in [0.717, 1.165) is 11.3 Å². The number of methoxy groups -OCH3 is 1. The zero-order valence-corrected chi connectivity index (χ0v) is 15.9. The standard InChI is InChI=1S/C19H17FN4O3S/c1-11(21-17(26)12-3-7-14(20)8-4-12)16(25)22-19-24-23-18(28-19)13-5-9-15(27-2)10-6-13/h3-11H,1-2H3,(H,21,26)(H,22,24,25). The first-order valence-electron chi connectivity index (χ1n) is 8.31. The minimum absolute atomic E-state index is 0.263. The molecule has 9 heteroatoms. The molecule has 0 fully saturated rings. The average Bonchev–Trinajstić information content (AvgIpc) is 3.17. The Balaban J connectivity index is 1.60. The summed E-state index contributed by atoms with van der Waals surface area (Å²) in [6.45, 7) is 1.54. The summed E-state index contributed by atoms with van der Waals surface area (Å²) < 4.78 is 18.0. The van der Waals surface area contributed by atoms with Crippen LogP contribution in [0.15, 0.2) is 48.5 Å². The minimum Gasteiger partial charge on any atom is -0.497 e. The van der Waals surface area contributed by atoms with E-state index in [9.17, 15) is 14.0 Å². The molecule has 1 heterocycles. The number of amides is 2. The Morgan fingerprint density at radius 3 is 2.39 bits per heavy atom. The predicted molar refractivity (Wildman–Crippen MR) is 104 cm³/mol. The molecule has 1 atom stereocenters. The number of nitrogens with zero attached hydrogens (tertiary/aromatic N) is 2. The number of carbonyl (C=O) groups excluding carboxylic acids is 2. The molecule has 28 heavy (non-hydrogen) atoms. The zero-order valence-electron chi connectivity index (χ0n) is 15.1. The van der Waals surface area contributed by atoms with E-state index in [0.29, 0.717) is 10.1 Å². The van der Waals surface area contributed by atoms with Gasteiger partial charge in [-0.3, -0.25) is 14.9 Å². The van der Waals surface area contributed by atoms with Crippen LogP contribution in [-0.4, -0.2) is 35.2 Å². The molecule has 0 radical (unpaired) electrons. The molecule has 1 aromatic heterocycles. The largest absolute Gasteiger partial charge is 0.497 e. The number of anilines is 1. The predicted octanol–water partition coefficient (Wildman–Crippen LogP) is 3.11. The highest BCUT2D eigenvalue weighted by Gasteiger charge is 2.18. The van der Waals surface area contributed by atoms with Crippen LogP contribution in [0.4, 0.5) is 9.52 Å². The second-order valence-corrected chi connectivity index (χ2v) is 6.81. The third kappa shape index (κ3) is 4.68. The molecular weight excluding hydrogens is 383 g/mol. The van der Waals surface area contributed by atoms with E-state index in [4.69, 9.17) is 4.74 Å². The van der Waals surface area contributed by atoms with Gasteiger partial charge in [0, 0.05) is 11.1 Å². The summed E-state index contributed by atoms with van der Waals surface area (Å²) in [7, 11) is 1.59. The number of halogens is 1. The van der Waals surface area contributed by atoms with Crippen LogP contribution in [0.3, 0.4) is 0 Å². The lowest BCUT2D eigenvalue weighted by Gasteiger charge is -2.12. The van der Waals surface area contributed by atoms with E-state index in [-0.39, 0.29) is 5.56 Å². The summed E-state index contributed by atoms with van der Waals surface area (Å²) in [5.74, 6) is -0.620. The lowest BCUT2D eigenvalue weighted by atomic mass is 10.2. The van der Waals surface area contributed by atoms with E-state index in [2.05, 4.69) is 20.8 Å². The Kier molecular flexibility index (Phi) is 5.95. The summed E-state index contributed by atoms with van der Waals surface area (Å²) in [5, 5.41) is 14.2. The van der Waals surface area contributed by atoms with Crippen LogP contribution < -0.4 is 15.4 Å². The minimum atomic E-state index is -0.814. The highest BCUT2D eigenvalue weighted by atomic mass is 32.1. The fourth-order valence-electron chi connectivity index (χ4n) is 2.28. The second-order valence-electron chi connectivity index (χ2n) is 5.83. The molecule has 144 valence electrons. The van der Waals surface area contributed by atoms with E-state index >= 15 is 0 Å². The Morgan fingerprint density at radius 2 is 1.75 bits per heavy atom. The summed E-state index contributed by atoms with van der Waals surface area (Å²) in [4.78, 5) is 24.4. The summed E-state index contributed by atoms with van der Waals surface area (Å²) in [6.07, 6.45) is 0. The highest BCUT2D eigenvalue weighted by Crippen LogP contribution is 2.27. The first-order chi connectivity index (χ1) is 13.5. The number of aromatic nitrogens is 2. The molecule has 0 spiro atoms. The molecule has 2 N–H and O–H groups in total. The van der Waals surface area contributed by atoms with Crippen LogP contribution in [0, 0.1) is 5.82 Å². The Labute approximate surface area is 164 Å². The molecule has 0 aliphatic rings. The number of benzene rings is 2. The number of nitrogens with one attached hydrogen (secondary N) is 2. The number of ether oxygens (including phenoxy) is 1. The van der Waals surface area contributed by atoms with Crippen molar-refractivity contribution < 1.29 is 18.7 Å². The smallest absolute Gasteiger partial charge is 0.251 e. The molecule has 0 saturated carbocycles. The van der Waals surface area contributed by atoms with Gasteiger partial charge in [0.1, 0.15) is 22.6 Å². The summed E-state index contributed by atoms with van der Waals surface area (Å²) >= 11 is 1.21. The maximum absolute atomic E-state index is 12.9.